The van der Waals surface area contributed by atoms with Gasteiger partial charge in [-0.25, -0.2) is 13.8 Å². The van der Waals surface area contributed by atoms with Crippen LogP contribution in [0.25, 0.3) is 11.0 Å². The van der Waals surface area contributed by atoms with Gasteiger partial charge < -0.3 is 20.5 Å². The predicted molar refractivity (Wildman–Crippen MR) is 125 cm³/mol. The van der Waals surface area contributed by atoms with Gasteiger partial charge in [-0.1, -0.05) is 6.07 Å². The van der Waals surface area contributed by atoms with Crippen LogP contribution in [-0.4, -0.2) is 48.3 Å². The minimum Gasteiger partial charge on any atom is -0.381 e. The Morgan fingerprint density at radius 3 is 2.64 bits per heavy atom. The van der Waals surface area contributed by atoms with E-state index >= 15 is 0 Å². The number of nitrogen functional groups attached to an aromatic ring is 1. The maximum atomic E-state index is 14.1. The first-order valence-electron chi connectivity index (χ1n) is 11.7. The Hall–Kier alpha value is -4.62. The van der Waals surface area contributed by atoms with Gasteiger partial charge in [-0.15, -0.1) is 0 Å². The van der Waals surface area contributed by atoms with E-state index in [1.807, 2.05) is 0 Å². The molecule has 5 heterocycles. The molecule has 4 aromatic rings. The van der Waals surface area contributed by atoms with Crippen LogP contribution in [0.5, 0.6) is 0 Å². The normalized spacial score (nSPS) is 19.1. The number of halogens is 5. The number of aromatic nitrogens is 4. The highest BCUT2D eigenvalue weighted by Crippen LogP contribution is 2.47. The number of amides is 2. The average Bonchev–Trinajstić information content (AvgIpc) is 3.49. The first-order chi connectivity index (χ1) is 18.5. The molecule has 9 nitrogen and oxygen atoms in total. The van der Waals surface area contributed by atoms with Crippen molar-refractivity contribution in [1.29, 1.82) is 0 Å². The lowest BCUT2D eigenvalue weighted by Crippen LogP contribution is -2.49. The van der Waals surface area contributed by atoms with Crippen molar-refractivity contribution in [3.8, 4) is 0 Å². The summed E-state index contributed by atoms with van der Waals surface area (Å²) in [5.41, 5.74) is 4.32. The van der Waals surface area contributed by atoms with E-state index in [0.29, 0.717) is 28.5 Å². The van der Waals surface area contributed by atoms with Crippen LogP contribution >= 0.6 is 0 Å². The predicted octanol–water partition coefficient (Wildman–Crippen LogP) is 3.52. The number of aromatic amines is 1. The number of fused-ring (bicyclic) bond motifs is 3. The van der Waals surface area contributed by atoms with Gasteiger partial charge in [0.2, 0.25) is 0 Å². The Bertz CT molecular complexity index is 1630. The SMILES string of the molecule is Nc1nc2cc(CN3C(=O)c4cc(F)ccc4[C@]34CCN(Cc3cc(C(F)(F)F)cnn3)C4=O)[nH]c2cc1F. The molecular formula is C25H18F5N7O2. The van der Waals surface area contributed by atoms with Crippen molar-refractivity contribution in [3.63, 3.8) is 0 Å². The van der Waals surface area contributed by atoms with Crippen LogP contribution in [-0.2, 0) is 29.6 Å². The molecule has 1 atom stereocenters. The Morgan fingerprint density at radius 2 is 1.87 bits per heavy atom. The number of alkyl halides is 3. The fraction of sp³-hybridized carbons (Fsp3) is 0.240. The molecule has 14 heteroatoms. The quantitative estimate of drug-likeness (QED) is 0.380. The Morgan fingerprint density at radius 1 is 1.08 bits per heavy atom. The highest BCUT2D eigenvalue weighted by Gasteiger charge is 2.59. The number of nitrogens with zero attached hydrogens (tertiary/aromatic N) is 5. The molecule has 3 aromatic heterocycles. The Labute approximate surface area is 216 Å². The highest BCUT2D eigenvalue weighted by molar-refractivity contribution is 6.07. The van der Waals surface area contributed by atoms with Crippen LogP contribution in [0.15, 0.2) is 42.6 Å². The van der Waals surface area contributed by atoms with E-state index in [2.05, 4.69) is 20.2 Å². The molecule has 2 aliphatic rings. The monoisotopic (exact) mass is 543 g/mol. The number of benzene rings is 1. The van der Waals surface area contributed by atoms with Crippen molar-refractivity contribution in [2.45, 2.75) is 31.2 Å². The van der Waals surface area contributed by atoms with E-state index in [4.69, 9.17) is 5.73 Å². The zero-order chi connectivity index (χ0) is 27.7. The topological polar surface area (TPSA) is 121 Å². The molecule has 0 unspecified atom stereocenters. The molecule has 200 valence electrons. The molecule has 39 heavy (non-hydrogen) atoms. The van der Waals surface area contributed by atoms with Crippen LogP contribution in [0.3, 0.4) is 0 Å². The third-order valence-corrected chi connectivity index (χ3v) is 7.10. The first kappa shape index (κ1) is 24.7. The van der Waals surface area contributed by atoms with E-state index in [1.165, 1.54) is 15.9 Å². The van der Waals surface area contributed by atoms with E-state index in [-0.39, 0.29) is 43.1 Å². The molecule has 2 amide bonds. The second-order valence-corrected chi connectivity index (χ2v) is 9.43. The van der Waals surface area contributed by atoms with Crippen LogP contribution in [0.2, 0.25) is 0 Å². The number of carbonyl (C=O) groups excluding carboxylic acids is 2. The van der Waals surface area contributed by atoms with Crippen molar-refractivity contribution in [2.75, 3.05) is 12.3 Å². The summed E-state index contributed by atoms with van der Waals surface area (Å²) in [5.74, 6) is -2.85. The van der Waals surface area contributed by atoms with Crippen LogP contribution < -0.4 is 5.73 Å². The third-order valence-electron chi connectivity index (χ3n) is 7.10. The number of anilines is 1. The summed E-state index contributed by atoms with van der Waals surface area (Å²) in [6.45, 7) is -0.325. The number of pyridine rings is 1. The van der Waals surface area contributed by atoms with Gasteiger partial charge in [0.15, 0.2) is 17.2 Å². The standard InChI is InChI=1S/C25H18F5N7O2/c26-13-1-2-17-16(6-13)22(38)37(11-14-7-19-20(33-14)8-18(27)21(31)34-19)24(17)3-4-36(23(24)39)10-15-5-12(9-32-35-15)25(28,29)30/h1-2,5-9,33H,3-4,10-11H2,(H2,31,34)/t24-/m0/s1. The second kappa shape index (κ2) is 8.44. The zero-order valence-corrected chi connectivity index (χ0v) is 19.9. The van der Waals surface area contributed by atoms with E-state index in [1.54, 1.807) is 6.07 Å². The minimum atomic E-state index is -4.64. The molecule has 1 spiro atoms. The van der Waals surface area contributed by atoms with E-state index in [9.17, 15) is 31.5 Å². The van der Waals surface area contributed by atoms with Crippen molar-refractivity contribution in [1.82, 2.24) is 30.0 Å². The van der Waals surface area contributed by atoms with Crippen LogP contribution in [0, 0.1) is 11.6 Å². The van der Waals surface area contributed by atoms with Crippen molar-refractivity contribution < 1.29 is 31.5 Å². The Balaban J connectivity index is 1.37. The van der Waals surface area contributed by atoms with Crippen molar-refractivity contribution >= 4 is 28.7 Å². The molecular weight excluding hydrogens is 525 g/mol. The van der Waals surface area contributed by atoms with Crippen LogP contribution in [0.1, 0.15) is 39.3 Å². The average molecular weight is 543 g/mol. The van der Waals surface area contributed by atoms with E-state index < -0.39 is 40.7 Å². The molecule has 1 fully saturated rings. The Kier molecular flexibility index (Phi) is 5.35. The summed E-state index contributed by atoms with van der Waals surface area (Å²) >= 11 is 0. The maximum absolute atomic E-state index is 14.1. The van der Waals surface area contributed by atoms with Gasteiger partial charge in [-0.3, -0.25) is 9.59 Å². The summed E-state index contributed by atoms with van der Waals surface area (Å²) in [4.78, 5) is 37.0. The minimum absolute atomic E-state index is 0.00795. The van der Waals surface area contributed by atoms with Crippen LogP contribution in [0.4, 0.5) is 27.8 Å². The van der Waals surface area contributed by atoms with Gasteiger partial charge in [0, 0.05) is 35.9 Å². The number of hydrogen-bond acceptors (Lipinski definition) is 6. The van der Waals surface area contributed by atoms with Gasteiger partial charge in [0.05, 0.1) is 41.6 Å². The first-order valence-corrected chi connectivity index (χ1v) is 11.7. The summed E-state index contributed by atoms with van der Waals surface area (Å²) in [7, 11) is 0. The van der Waals surface area contributed by atoms with Gasteiger partial charge in [-0.2, -0.15) is 23.4 Å². The lowest BCUT2D eigenvalue weighted by molar-refractivity contribution is -0.138. The molecule has 0 bridgehead atoms. The molecule has 0 saturated carbocycles. The number of hydrogen-bond donors (Lipinski definition) is 2. The summed E-state index contributed by atoms with van der Waals surface area (Å²) in [6.07, 6.45) is -3.95. The number of H-pyrrole nitrogens is 1. The van der Waals surface area contributed by atoms with Crippen molar-refractivity contribution in [3.05, 3.63) is 82.3 Å². The molecule has 0 aliphatic carbocycles. The smallest absolute Gasteiger partial charge is 0.381 e. The van der Waals surface area contributed by atoms with Gasteiger partial charge in [0.25, 0.3) is 11.8 Å². The highest BCUT2D eigenvalue weighted by atomic mass is 19.4. The molecule has 0 radical (unpaired) electrons. The lowest BCUT2D eigenvalue weighted by Gasteiger charge is -2.34. The molecule has 1 aromatic carbocycles. The van der Waals surface area contributed by atoms with Gasteiger partial charge in [0.1, 0.15) is 5.82 Å². The number of carbonyl (C=O) groups is 2. The summed E-state index contributed by atoms with van der Waals surface area (Å²) in [5, 5.41) is 7.14. The lowest BCUT2D eigenvalue weighted by atomic mass is 9.87. The molecule has 2 aliphatic heterocycles. The summed E-state index contributed by atoms with van der Waals surface area (Å²) in [6, 6.07) is 7.10. The number of rotatable bonds is 4. The third kappa shape index (κ3) is 3.85. The van der Waals surface area contributed by atoms with Gasteiger partial charge in [-0.05, 0) is 24.3 Å². The molecule has 1 saturated heterocycles. The molecule has 3 N–H and O–H groups in total. The van der Waals surface area contributed by atoms with Gasteiger partial charge >= 0.3 is 6.18 Å². The number of likely N-dealkylation sites (tertiary alicyclic amines) is 1. The van der Waals surface area contributed by atoms with E-state index in [0.717, 1.165) is 24.3 Å². The largest absolute Gasteiger partial charge is 0.418 e. The molecule has 6 rings (SSSR count). The maximum Gasteiger partial charge on any atom is 0.418 e. The second-order valence-electron chi connectivity index (χ2n) is 9.43. The van der Waals surface area contributed by atoms with Crippen molar-refractivity contribution in [2.24, 2.45) is 0 Å². The fourth-order valence-electron chi connectivity index (χ4n) is 5.34. The fourth-order valence-corrected chi connectivity index (χ4v) is 5.34. The zero-order valence-electron chi connectivity index (χ0n) is 19.9. The summed E-state index contributed by atoms with van der Waals surface area (Å²) < 4.78 is 67.5. The number of nitrogens with two attached hydrogens (primary N) is 1. The number of nitrogens with one attached hydrogen (secondary N) is 1.